The molecule has 0 heterocycles. The summed E-state index contributed by atoms with van der Waals surface area (Å²) in [5.41, 5.74) is 2.17. The maximum absolute atomic E-state index is 12.9. The van der Waals surface area contributed by atoms with Crippen molar-refractivity contribution in [1.82, 2.24) is 0 Å². The maximum atomic E-state index is 12.9. The number of hydrogen-bond donors (Lipinski definition) is 2. The van der Waals surface area contributed by atoms with Crippen molar-refractivity contribution in [2.75, 3.05) is 10.6 Å². The number of esters is 1. The lowest BCUT2D eigenvalue weighted by atomic mass is 9.53. The highest BCUT2D eigenvalue weighted by Gasteiger charge is 2.51. The Kier molecular flexibility index (Phi) is 5.89. The van der Waals surface area contributed by atoms with E-state index in [4.69, 9.17) is 16.3 Å². The number of carbonyl (C=O) groups is 1. The average Bonchev–Trinajstić information content (AvgIpc) is 2.68. The number of carbonyl (C=O) groups excluding carboxylic acids is 1. The molecule has 0 radical (unpaired) electrons. The third-order valence-electron chi connectivity index (χ3n) is 8.13. The minimum atomic E-state index is -0.548. The Balaban J connectivity index is 1.45. The lowest BCUT2D eigenvalue weighted by molar-refractivity contribution is 0.00697. The molecular weight excluding hydrogens is 420 g/mol. The van der Waals surface area contributed by atoms with Crippen molar-refractivity contribution in [3.8, 4) is 0 Å². The third-order valence-corrected chi connectivity index (χ3v) is 8.44. The minimum absolute atomic E-state index is 0.189. The molecule has 5 fully saturated rings. The number of rotatable bonds is 5. The van der Waals surface area contributed by atoms with Gasteiger partial charge in [0.25, 0.3) is 0 Å². The van der Waals surface area contributed by atoms with Crippen LogP contribution >= 0.6 is 11.6 Å². The van der Waals surface area contributed by atoms with E-state index in [1.807, 2.05) is 32.9 Å². The first kappa shape index (κ1) is 22.4. The predicted octanol–water partition coefficient (Wildman–Crippen LogP) is 7.42. The summed E-state index contributed by atoms with van der Waals surface area (Å²) >= 11 is 6.69. The van der Waals surface area contributed by atoms with Gasteiger partial charge in [0.2, 0.25) is 0 Å². The van der Waals surface area contributed by atoms with Crippen LogP contribution in [0.15, 0.2) is 12.1 Å². The van der Waals surface area contributed by atoms with Gasteiger partial charge >= 0.3 is 5.97 Å². The van der Waals surface area contributed by atoms with E-state index in [0.717, 1.165) is 29.1 Å². The number of nitrogens with one attached hydrogen (secondary N) is 2. The number of anilines is 2. The van der Waals surface area contributed by atoms with Crippen LogP contribution in [0.4, 0.5) is 11.4 Å². The lowest BCUT2D eigenvalue weighted by Crippen LogP contribution is -2.54. The zero-order valence-electron chi connectivity index (χ0n) is 19.9. The highest BCUT2D eigenvalue weighted by Crippen LogP contribution is 2.57. The van der Waals surface area contributed by atoms with Gasteiger partial charge in [0.1, 0.15) is 5.60 Å². The van der Waals surface area contributed by atoms with Crippen molar-refractivity contribution in [3.63, 3.8) is 0 Å². The third kappa shape index (κ3) is 4.76. The Morgan fingerprint density at radius 3 is 2.12 bits per heavy atom. The monoisotopic (exact) mass is 458 g/mol. The van der Waals surface area contributed by atoms with Gasteiger partial charge in [-0.15, -0.1) is 0 Å². The molecule has 1 aromatic carbocycles. The molecule has 176 valence electrons. The Labute approximate surface area is 198 Å². The summed E-state index contributed by atoms with van der Waals surface area (Å²) in [6, 6.07) is 4.37. The molecule has 2 N–H and O–H groups in total. The normalized spacial score (nSPS) is 32.1. The molecule has 32 heavy (non-hydrogen) atoms. The fourth-order valence-corrected chi connectivity index (χ4v) is 7.54. The van der Waals surface area contributed by atoms with Crippen LogP contribution in [0.25, 0.3) is 0 Å². The second kappa shape index (κ2) is 8.42. The molecule has 1 aromatic rings. The van der Waals surface area contributed by atoms with Crippen LogP contribution in [0.5, 0.6) is 0 Å². The number of halogens is 1. The molecule has 0 amide bonds. The molecule has 0 aromatic heterocycles. The number of benzene rings is 1. The van der Waals surface area contributed by atoms with Gasteiger partial charge in [-0.3, -0.25) is 0 Å². The fourth-order valence-electron chi connectivity index (χ4n) is 7.30. The van der Waals surface area contributed by atoms with Gasteiger partial charge in [0.15, 0.2) is 0 Å². The summed E-state index contributed by atoms with van der Waals surface area (Å²) in [6.07, 6.45) is 14.3. The molecule has 5 aliphatic carbocycles. The molecular formula is C27H39ClN2O2. The van der Waals surface area contributed by atoms with Crippen molar-refractivity contribution in [1.29, 1.82) is 0 Å². The topological polar surface area (TPSA) is 50.4 Å². The zero-order valence-corrected chi connectivity index (χ0v) is 20.7. The average molecular weight is 459 g/mol. The molecule has 5 saturated carbocycles. The van der Waals surface area contributed by atoms with Crippen LogP contribution < -0.4 is 10.6 Å². The maximum Gasteiger partial charge on any atom is 0.340 e. The first-order valence-electron chi connectivity index (χ1n) is 12.8. The van der Waals surface area contributed by atoms with Gasteiger partial charge < -0.3 is 15.4 Å². The van der Waals surface area contributed by atoms with Gasteiger partial charge in [-0.25, -0.2) is 4.79 Å². The summed E-state index contributed by atoms with van der Waals surface area (Å²) < 4.78 is 5.65. The van der Waals surface area contributed by atoms with E-state index in [-0.39, 0.29) is 11.5 Å². The zero-order chi connectivity index (χ0) is 22.5. The highest BCUT2D eigenvalue weighted by molar-refractivity contribution is 6.34. The number of hydrogen-bond acceptors (Lipinski definition) is 4. The van der Waals surface area contributed by atoms with E-state index in [9.17, 15) is 4.79 Å². The Bertz CT molecular complexity index is 834. The largest absolute Gasteiger partial charge is 0.456 e. The van der Waals surface area contributed by atoms with Crippen molar-refractivity contribution >= 4 is 28.9 Å². The van der Waals surface area contributed by atoms with E-state index in [2.05, 4.69) is 10.6 Å². The minimum Gasteiger partial charge on any atom is -0.456 e. The summed E-state index contributed by atoms with van der Waals surface area (Å²) in [7, 11) is 0. The smallest absolute Gasteiger partial charge is 0.340 e. The molecule has 0 atom stereocenters. The molecule has 5 heteroatoms. The van der Waals surface area contributed by atoms with E-state index in [1.54, 1.807) is 0 Å². The van der Waals surface area contributed by atoms with Gasteiger partial charge in [0.05, 0.1) is 22.0 Å². The van der Waals surface area contributed by atoms with E-state index in [1.165, 1.54) is 70.6 Å². The van der Waals surface area contributed by atoms with Gasteiger partial charge in [-0.05, 0) is 102 Å². The SMILES string of the molecule is CC(C)(C)OC(=O)c1cc(NC2CCCCC2)c(NC23CC4CC(CC(C4)C2)C3)cc1Cl. The summed E-state index contributed by atoms with van der Waals surface area (Å²) in [6.45, 7) is 5.68. The molecule has 0 saturated heterocycles. The lowest BCUT2D eigenvalue weighted by Gasteiger charge is -2.57. The van der Waals surface area contributed by atoms with Crippen molar-refractivity contribution in [2.45, 2.75) is 109 Å². The molecule has 4 nitrogen and oxygen atoms in total. The number of ether oxygens (including phenoxy) is 1. The van der Waals surface area contributed by atoms with Crippen LogP contribution in [0.2, 0.25) is 5.02 Å². The molecule has 5 aliphatic rings. The Morgan fingerprint density at radius 1 is 0.969 bits per heavy atom. The van der Waals surface area contributed by atoms with E-state index < -0.39 is 5.60 Å². The first-order valence-corrected chi connectivity index (χ1v) is 13.2. The molecule has 0 spiro atoms. The van der Waals surface area contributed by atoms with Crippen LogP contribution in [0, 0.1) is 17.8 Å². The van der Waals surface area contributed by atoms with Crippen LogP contribution in [-0.2, 0) is 4.74 Å². The summed E-state index contributed by atoms with van der Waals surface area (Å²) in [4.78, 5) is 12.9. The van der Waals surface area contributed by atoms with Crippen molar-refractivity contribution in [2.24, 2.45) is 17.8 Å². The van der Waals surface area contributed by atoms with Crippen LogP contribution in [-0.4, -0.2) is 23.2 Å². The second-order valence-corrected chi connectivity index (χ2v) is 12.6. The van der Waals surface area contributed by atoms with E-state index in [0.29, 0.717) is 16.6 Å². The molecule has 0 unspecified atom stereocenters. The van der Waals surface area contributed by atoms with E-state index >= 15 is 0 Å². The van der Waals surface area contributed by atoms with Gasteiger partial charge in [-0.1, -0.05) is 30.9 Å². The molecule has 6 rings (SSSR count). The quantitative estimate of drug-likeness (QED) is 0.450. The van der Waals surface area contributed by atoms with Crippen LogP contribution in [0.3, 0.4) is 0 Å². The van der Waals surface area contributed by atoms with Gasteiger partial charge in [-0.2, -0.15) is 0 Å². The Hall–Kier alpha value is -1.42. The predicted molar refractivity (Wildman–Crippen MR) is 132 cm³/mol. The first-order chi connectivity index (χ1) is 15.2. The summed E-state index contributed by atoms with van der Waals surface area (Å²) in [5.74, 6) is 2.27. The molecule has 4 bridgehead atoms. The second-order valence-electron chi connectivity index (χ2n) is 12.2. The summed E-state index contributed by atoms with van der Waals surface area (Å²) in [5, 5.41) is 8.26. The fraction of sp³-hybridized carbons (Fsp3) is 0.741. The highest BCUT2D eigenvalue weighted by atomic mass is 35.5. The van der Waals surface area contributed by atoms with Crippen molar-refractivity contribution < 1.29 is 9.53 Å². The van der Waals surface area contributed by atoms with Crippen LogP contribution in [0.1, 0.15) is 102 Å². The standard InChI is InChI=1S/C27H39ClN2O2/c1-26(2,3)32-25(31)21-12-23(29-20-7-5-4-6-8-20)24(13-22(21)28)30-27-14-17-9-18(15-27)11-19(10-17)16-27/h12-13,17-20,29-30H,4-11,14-16H2,1-3H3. The van der Waals surface area contributed by atoms with Crippen molar-refractivity contribution in [3.05, 3.63) is 22.7 Å². The van der Waals surface area contributed by atoms with Gasteiger partial charge in [0, 0.05) is 11.6 Å². The molecule has 0 aliphatic heterocycles. The Morgan fingerprint density at radius 2 is 1.56 bits per heavy atom.